The van der Waals surface area contributed by atoms with Crippen LogP contribution in [0.3, 0.4) is 0 Å². The highest BCUT2D eigenvalue weighted by Crippen LogP contribution is 2.31. The van der Waals surface area contributed by atoms with Crippen LogP contribution in [0.15, 0.2) is 0 Å². The standard InChI is InChI=1S/C14H29N3/c1-3-4-13-5-8-17(9-6-13)14(11-15)7-10-16(2)12-14/h13H,3-12,15H2,1-2H3. The zero-order chi connectivity index (χ0) is 12.3. The average molecular weight is 239 g/mol. The van der Waals surface area contributed by atoms with Crippen LogP contribution in [0.5, 0.6) is 0 Å². The minimum Gasteiger partial charge on any atom is -0.329 e. The number of piperidine rings is 1. The third-order valence-electron chi connectivity index (χ3n) is 4.89. The van der Waals surface area contributed by atoms with E-state index >= 15 is 0 Å². The molecule has 2 aliphatic heterocycles. The van der Waals surface area contributed by atoms with E-state index in [4.69, 9.17) is 5.73 Å². The van der Waals surface area contributed by atoms with Gasteiger partial charge < -0.3 is 10.6 Å². The van der Waals surface area contributed by atoms with Crippen LogP contribution < -0.4 is 5.73 Å². The molecule has 3 heteroatoms. The largest absolute Gasteiger partial charge is 0.329 e. The second-order valence-electron chi connectivity index (χ2n) is 6.14. The maximum absolute atomic E-state index is 6.09. The molecule has 1 unspecified atom stereocenters. The molecule has 0 aliphatic carbocycles. The lowest BCUT2D eigenvalue weighted by Crippen LogP contribution is -2.57. The Morgan fingerprint density at radius 2 is 1.94 bits per heavy atom. The van der Waals surface area contributed by atoms with Crippen LogP contribution >= 0.6 is 0 Å². The van der Waals surface area contributed by atoms with Crippen molar-refractivity contribution in [2.24, 2.45) is 11.7 Å². The Balaban J connectivity index is 1.90. The SMILES string of the molecule is CCCC1CCN(C2(CN)CCN(C)C2)CC1. The molecule has 0 spiro atoms. The Hall–Kier alpha value is -0.120. The predicted molar refractivity (Wildman–Crippen MR) is 73.1 cm³/mol. The summed E-state index contributed by atoms with van der Waals surface area (Å²) in [5.41, 5.74) is 6.38. The van der Waals surface area contributed by atoms with E-state index in [1.165, 1.54) is 58.3 Å². The van der Waals surface area contributed by atoms with E-state index in [1.807, 2.05) is 0 Å². The Bertz CT molecular complexity index is 236. The molecule has 2 N–H and O–H groups in total. The number of hydrogen-bond donors (Lipinski definition) is 1. The Morgan fingerprint density at radius 3 is 2.41 bits per heavy atom. The zero-order valence-electron chi connectivity index (χ0n) is 11.6. The van der Waals surface area contributed by atoms with Gasteiger partial charge in [-0.3, -0.25) is 4.90 Å². The minimum atomic E-state index is 0.298. The van der Waals surface area contributed by atoms with Gasteiger partial charge in [0.2, 0.25) is 0 Å². The van der Waals surface area contributed by atoms with E-state index in [0.29, 0.717) is 5.54 Å². The highest BCUT2D eigenvalue weighted by atomic mass is 15.3. The fourth-order valence-corrected chi connectivity index (χ4v) is 3.72. The lowest BCUT2D eigenvalue weighted by molar-refractivity contribution is 0.0599. The first-order valence-corrected chi connectivity index (χ1v) is 7.34. The quantitative estimate of drug-likeness (QED) is 0.807. The summed E-state index contributed by atoms with van der Waals surface area (Å²) in [7, 11) is 2.22. The predicted octanol–water partition coefficient (Wildman–Crippen LogP) is 1.53. The van der Waals surface area contributed by atoms with Crippen LogP contribution in [0.2, 0.25) is 0 Å². The van der Waals surface area contributed by atoms with E-state index in [2.05, 4.69) is 23.8 Å². The van der Waals surface area contributed by atoms with Gasteiger partial charge in [0, 0.05) is 18.6 Å². The molecule has 17 heavy (non-hydrogen) atoms. The van der Waals surface area contributed by atoms with Gasteiger partial charge in [-0.2, -0.15) is 0 Å². The first-order valence-electron chi connectivity index (χ1n) is 7.34. The van der Waals surface area contributed by atoms with Crippen molar-refractivity contribution in [2.75, 3.05) is 39.8 Å². The van der Waals surface area contributed by atoms with Gasteiger partial charge in [0.15, 0.2) is 0 Å². The molecule has 1 atom stereocenters. The molecule has 100 valence electrons. The minimum absolute atomic E-state index is 0.298. The third kappa shape index (κ3) is 2.83. The van der Waals surface area contributed by atoms with E-state index in [-0.39, 0.29) is 0 Å². The molecule has 0 aromatic heterocycles. The van der Waals surface area contributed by atoms with Gasteiger partial charge in [0.1, 0.15) is 0 Å². The Morgan fingerprint density at radius 1 is 1.24 bits per heavy atom. The normalized spacial score (nSPS) is 33.4. The maximum Gasteiger partial charge on any atom is 0.0470 e. The number of likely N-dealkylation sites (N-methyl/N-ethyl adjacent to an activating group) is 1. The van der Waals surface area contributed by atoms with Crippen molar-refractivity contribution in [3.05, 3.63) is 0 Å². The number of nitrogens with two attached hydrogens (primary N) is 1. The molecule has 2 fully saturated rings. The van der Waals surface area contributed by atoms with Crippen LogP contribution in [-0.2, 0) is 0 Å². The molecule has 0 amide bonds. The highest BCUT2D eigenvalue weighted by Gasteiger charge is 2.41. The van der Waals surface area contributed by atoms with Crippen molar-refractivity contribution in [2.45, 2.75) is 44.6 Å². The molecule has 3 nitrogen and oxygen atoms in total. The molecule has 0 radical (unpaired) electrons. The summed E-state index contributed by atoms with van der Waals surface area (Å²) >= 11 is 0. The molecule has 2 saturated heterocycles. The monoisotopic (exact) mass is 239 g/mol. The Kier molecular flexibility index (Phi) is 4.45. The van der Waals surface area contributed by atoms with Crippen LogP contribution in [0.4, 0.5) is 0 Å². The second kappa shape index (κ2) is 5.68. The van der Waals surface area contributed by atoms with Crippen LogP contribution in [-0.4, -0.2) is 55.1 Å². The lowest BCUT2D eigenvalue weighted by Gasteiger charge is -2.44. The third-order valence-corrected chi connectivity index (χ3v) is 4.89. The molecule has 0 aromatic rings. The number of nitrogens with zero attached hydrogens (tertiary/aromatic N) is 2. The van der Waals surface area contributed by atoms with Gasteiger partial charge in [0.25, 0.3) is 0 Å². The second-order valence-corrected chi connectivity index (χ2v) is 6.14. The smallest absolute Gasteiger partial charge is 0.0470 e. The Labute approximate surface area is 106 Å². The molecule has 0 saturated carbocycles. The molecular formula is C14H29N3. The van der Waals surface area contributed by atoms with Crippen molar-refractivity contribution >= 4 is 0 Å². The highest BCUT2D eigenvalue weighted by molar-refractivity contribution is 5.00. The molecule has 2 rings (SSSR count). The first kappa shape index (κ1) is 13.3. The fourth-order valence-electron chi connectivity index (χ4n) is 3.72. The summed E-state index contributed by atoms with van der Waals surface area (Å²) in [5.74, 6) is 0.977. The molecule has 2 heterocycles. The van der Waals surface area contributed by atoms with Crippen molar-refractivity contribution in [1.29, 1.82) is 0 Å². The number of hydrogen-bond acceptors (Lipinski definition) is 3. The number of rotatable bonds is 4. The summed E-state index contributed by atoms with van der Waals surface area (Å²) in [4.78, 5) is 5.13. The summed E-state index contributed by atoms with van der Waals surface area (Å²) in [6.07, 6.45) is 6.80. The molecular weight excluding hydrogens is 210 g/mol. The van der Waals surface area contributed by atoms with Crippen molar-refractivity contribution in [1.82, 2.24) is 9.80 Å². The zero-order valence-corrected chi connectivity index (χ0v) is 11.6. The van der Waals surface area contributed by atoms with E-state index in [0.717, 1.165) is 12.5 Å². The van der Waals surface area contributed by atoms with E-state index < -0.39 is 0 Å². The first-order chi connectivity index (χ1) is 8.20. The van der Waals surface area contributed by atoms with Crippen molar-refractivity contribution in [3.63, 3.8) is 0 Å². The van der Waals surface area contributed by atoms with Crippen molar-refractivity contribution < 1.29 is 0 Å². The van der Waals surface area contributed by atoms with Gasteiger partial charge in [-0.1, -0.05) is 19.8 Å². The van der Waals surface area contributed by atoms with Gasteiger partial charge in [-0.15, -0.1) is 0 Å². The fraction of sp³-hybridized carbons (Fsp3) is 1.00. The van der Waals surface area contributed by atoms with Crippen molar-refractivity contribution in [3.8, 4) is 0 Å². The van der Waals surface area contributed by atoms with Crippen LogP contribution in [0.25, 0.3) is 0 Å². The van der Waals surface area contributed by atoms with Crippen LogP contribution in [0.1, 0.15) is 39.0 Å². The molecule has 2 aliphatic rings. The van der Waals surface area contributed by atoms with Gasteiger partial charge in [-0.05, 0) is 51.9 Å². The molecule has 0 aromatic carbocycles. The maximum atomic E-state index is 6.09. The molecule has 0 bridgehead atoms. The van der Waals surface area contributed by atoms with E-state index in [1.54, 1.807) is 0 Å². The summed E-state index contributed by atoms with van der Waals surface area (Å²) < 4.78 is 0. The van der Waals surface area contributed by atoms with Crippen LogP contribution in [0, 0.1) is 5.92 Å². The summed E-state index contributed by atoms with van der Waals surface area (Å²) in [6.45, 7) is 8.06. The average Bonchev–Trinajstić information content (AvgIpc) is 2.74. The summed E-state index contributed by atoms with van der Waals surface area (Å²) in [6, 6.07) is 0. The van der Waals surface area contributed by atoms with Gasteiger partial charge >= 0.3 is 0 Å². The van der Waals surface area contributed by atoms with Gasteiger partial charge in [-0.25, -0.2) is 0 Å². The topological polar surface area (TPSA) is 32.5 Å². The summed E-state index contributed by atoms with van der Waals surface area (Å²) in [5, 5.41) is 0. The lowest BCUT2D eigenvalue weighted by atomic mass is 9.87. The van der Waals surface area contributed by atoms with Gasteiger partial charge in [0.05, 0.1) is 0 Å². The number of likely N-dealkylation sites (tertiary alicyclic amines) is 2. The van der Waals surface area contributed by atoms with E-state index in [9.17, 15) is 0 Å².